The Labute approximate surface area is 149 Å². The first-order chi connectivity index (χ1) is 12.2. The molecular formula is C20H26N2O3. The van der Waals surface area contributed by atoms with Crippen molar-refractivity contribution in [3.63, 3.8) is 0 Å². The lowest BCUT2D eigenvalue weighted by atomic mass is 10.1. The van der Waals surface area contributed by atoms with Gasteiger partial charge in [-0.3, -0.25) is 4.79 Å². The summed E-state index contributed by atoms with van der Waals surface area (Å²) in [5.74, 6) is -0.0113. The Morgan fingerprint density at radius 2 is 1.68 bits per heavy atom. The summed E-state index contributed by atoms with van der Waals surface area (Å²) in [4.78, 5) is 14.7. The number of carbonyl (C=O) groups is 1. The third-order valence-electron chi connectivity index (χ3n) is 3.88. The van der Waals surface area contributed by atoms with Crippen molar-refractivity contribution in [3.05, 3.63) is 71.3 Å². The molecule has 0 aromatic heterocycles. The van der Waals surface area contributed by atoms with Gasteiger partial charge in [-0.2, -0.15) is 0 Å². The van der Waals surface area contributed by atoms with Crippen molar-refractivity contribution >= 4 is 5.91 Å². The van der Waals surface area contributed by atoms with Crippen molar-refractivity contribution in [1.82, 2.24) is 4.90 Å². The van der Waals surface area contributed by atoms with Crippen LogP contribution in [0.2, 0.25) is 0 Å². The summed E-state index contributed by atoms with van der Waals surface area (Å²) in [6.45, 7) is 3.09. The molecule has 5 heteroatoms. The summed E-state index contributed by atoms with van der Waals surface area (Å²) in [7, 11) is 1.64. The average molecular weight is 342 g/mol. The van der Waals surface area contributed by atoms with E-state index < -0.39 is 0 Å². The van der Waals surface area contributed by atoms with Gasteiger partial charge in [-0.1, -0.05) is 42.5 Å². The minimum absolute atomic E-state index is 0.0113. The normalized spacial score (nSPS) is 10.6. The lowest BCUT2D eigenvalue weighted by Gasteiger charge is -2.23. The summed E-state index contributed by atoms with van der Waals surface area (Å²) in [5.41, 5.74) is 8.38. The van der Waals surface area contributed by atoms with Crippen LogP contribution in [0.4, 0.5) is 0 Å². The van der Waals surface area contributed by atoms with Crippen LogP contribution in [-0.4, -0.2) is 44.3 Å². The zero-order valence-electron chi connectivity index (χ0n) is 14.7. The molecule has 0 unspecified atom stereocenters. The molecule has 25 heavy (non-hydrogen) atoms. The monoisotopic (exact) mass is 342 g/mol. The molecule has 134 valence electrons. The molecule has 0 saturated carbocycles. The molecule has 0 radical (unpaired) electrons. The molecule has 5 nitrogen and oxygen atoms in total. The molecule has 2 aromatic carbocycles. The van der Waals surface area contributed by atoms with Crippen LogP contribution in [0.3, 0.4) is 0 Å². The molecule has 0 fully saturated rings. The minimum Gasteiger partial charge on any atom is -0.382 e. The van der Waals surface area contributed by atoms with E-state index in [0.717, 1.165) is 11.1 Å². The van der Waals surface area contributed by atoms with Gasteiger partial charge >= 0.3 is 0 Å². The van der Waals surface area contributed by atoms with Crippen molar-refractivity contribution in [2.75, 3.05) is 33.5 Å². The first-order valence-corrected chi connectivity index (χ1v) is 8.43. The van der Waals surface area contributed by atoms with Gasteiger partial charge in [-0.15, -0.1) is 0 Å². The number of ether oxygens (including phenoxy) is 2. The summed E-state index contributed by atoms with van der Waals surface area (Å²) < 4.78 is 10.5. The van der Waals surface area contributed by atoms with E-state index in [2.05, 4.69) is 0 Å². The summed E-state index contributed by atoms with van der Waals surface area (Å²) in [6.07, 6.45) is 0. The van der Waals surface area contributed by atoms with Gasteiger partial charge in [0, 0.05) is 32.3 Å². The van der Waals surface area contributed by atoms with Crippen LogP contribution in [0.1, 0.15) is 21.5 Å². The van der Waals surface area contributed by atoms with Crippen molar-refractivity contribution < 1.29 is 14.3 Å². The Kier molecular flexibility index (Phi) is 8.12. The van der Waals surface area contributed by atoms with Gasteiger partial charge in [0.05, 0.1) is 19.8 Å². The third-order valence-corrected chi connectivity index (χ3v) is 3.88. The second-order valence-corrected chi connectivity index (χ2v) is 5.72. The van der Waals surface area contributed by atoms with Crippen LogP contribution in [0.15, 0.2) is 54.6 Å². The van der Waals surface area contributed by atoms with Gasteiger partial charge < -0.3 is 20.1 Å². The van der Waals surface area contributed by atoms with E-state index in [1.165, 1.54) is 0 Å². The first-order valence-electron chi connectivity index (χ1n) is 8.43. The number of nitrogens with zero attached hydrogens (tertiary/aromatic N) is 1. The Morgan fingerprint density at radius 3 is 2.32 bits per heavy atom. The van der Waals surface area contributed by atoms with Crippen LogP contribution in [0.25, 0.3) is 0 Å². The molecular weight excluding hydrogens is 316 g/mol. The molecule has 1 amide bonds. The molecule has 0 aliphatic carbocycles. The van der Waals surface area contributed by atoms with Gasteiger partial charge in [0.25, 0.3) is 5.91 Å². The van der Waals surface area contributed by atoms with E-state index in [1.54, 1.807) is 12.0 Å². The smallest absolute Gasteiger partial charge is 0.254 e. The minimum atomic E-state index is -0.0113. The number of rotatable bonds is 10. The van der Waals surface area contributed by atoms with E-state index in [4.69, 9.17) is 15.2 Å². The first kappa shape index (κ1) is 19.1. The molecule has 0 aliphatic heterocycles. The summed E-state index contributed by atoms with van der Waals surface area (Å²) in [6, 6.07) is 17.4. The highest BCUT2D eigenvalue weighted by Gasteiger charge is 2.16. The Bertz CT molecular complexity index is 629. The third kappa shape index (κ3) is 6.31. The van der Waals surface area contributed by atoms with Gasteiger partial charge in [-0.05, 0) is 23.3 Å². The second kappa shape index (κ2) is 10.6. The molecule has 2 rings (SSSR count). The van der Waals surface area contributed by atoms with Gasteiger partial charge in [0.15, 0.2) is 0 Å². The van der Waals surface area contributed by atoms with E-state index in [9.17, 15) is 4.79 Å². The Hall–Kier alpha value is -2.21. The predicted molar refractivity (Wildman–Crippen MR) is 98.2 cm³/mol. The lowest BCUT2D eigenvalue weighted by Crippen LogP contribution is -2.33. The predicted octanol–water partition coefficient (Wildman–Crippen LogP) is 2.45. The fourth-order valence-electron chi connectivity index (χ4n) is 2.44. The highest BCUT2D eigenvalue weighted by Crippen LogP contribution is 2.11. The van der Waals surface area contributed by atoms with Crippen LogP contribution in [-0.2, 0) is 22.6 Å². The molecule has 2 aromatic rings. The van der Waals surface area contributed by atoms with E-state index in [0.29, 0.717) is 45.0 Å². The number of hydrogen-bond acceptors (Lipinski definition) is 4. The maximum Gasteiger partial charge on any atom is 0.254 e. The van der Waals surface area contributed by atoms with Crippen LogP contribution >= 0.6 is 0 Å². The van der Waals surface area contributed by atoms with Crippen LogP contribution < -0.4 is 5.73 Å². The number of hydrogen-bond donors (Lipinski definition) is 1. The molecule has 0 heterocycles. The summed E-state index contributed by atoms with van der Waals surface area (Å²) >= 11 is 0. The van der Waals surface area contributed by atoms with Gasteiger partial charge in [-0.25, -0.2) is 0 Å². The van der Waals surface area contributed by atoms with Gasteiger partial charge in [0.1, 0.15) is 0 Å². The maximum absolute atomic E-state index is 12.9. The fraction of sp³-hybridized carbons (Fsp3) is 0.350. The number of methoxy groups -OCH3 is 1. The van der Waals surface area contributed by atoms with Crippen molar-refractivity contribution in [3.8, 4) is 0 Å². The fourth-order valence-corrected chi connectivity index (χ4v) is 2.44. The quantitative estimate of drug-likeness (QED) is 0.674. The van der Waals surface area contributed by atoms with Crippen molar-refractivity contribution in [2.24, 2.45) is 5.73 Å². The zero-order chi connectivity index (χ0) is 17.9. The Balaban J connectivity index is 2.04. The molecule has 0 spiro atoms. The Morgan fingerprint density at radius 1 is 0.960 bits per heavy atom. The zero-order valence-corrected chi connectivity index (χ0v) is 14.7. The van der Waals surface area contributed by atoms with E-state index in [1.807, 2.05) is 54.6 Å². The van der Waals surface area contributed by atoms with Crippen LogP contribution in [0, 0.1) is 0 Å². The maximum atomic E-state index is 12.9. The highest BCUT2D eigenvalue weighted by atomic mass is 16.5. The second-order valence-electron chi connectivity index (χ2n) is 5.72. The number of benzene rings is 2. The largest absolute Gasteiger partial charge is 0.382 e. The van der Waals surface area contributed by atoms with E-state index in [-0.39, 0.29) is 5.91 Å². The molecule has 0 saturated heterocycles. The standard InChI is InChI=1S/C20H26N2O3/c1-24-13-14-25-12-11-22(16-18-5-3-2-4-6-18)20(23)19-9-7-17(15-21)8-10-19/h2-10H,11-16,21H2,1H3. The lowest BCUT2D eigenvalue weighted by molar-refractivity contribution is 0.0477. The van der Waals surface area contributed by atoms with Crippen molar-refractivity contribution in [1.29, 1.82) is 0 Å². The van der Waals surface area contributed by atoms with Gasteiger partial charge in [0.2, 0.25) is 0 Å². The highest BCUT2D eigenvalue weighted by molar-refractivity contribution is 5.94. The number of nitrogens with two attached hydrogens (primary N) is 1. The number of amides is 1. The number of carbonyl (C=O) groups excluding carboxylic acids is 1. The van der Waals surface area contributed by atoms with Crippen molar-refractivity contribution in [2.45, 2.75) is 13.1 Å². The summed E-state index contributed by atoms with van der Waals surface area (Å²) in [5, 5.41) is 0. The van der Waals surface area contributed by atoms with Crippen LogP contribution in [0.5, 0.6) is 0 Å². The van der Waals surface area contributed by atoms with E-state index >= 15 is 0 Å². The molecule has 2 N–H and O–H groups in total. The molecule has 0 bridgehead atoms. The average Bonchev–Trinajstić information content (AvgIpc) is 2.67. The molecule has 0 aliphatic rings. The molecule has 0 atom stereocenters. The topological polar surface area (TPSA) is 64.8 Å². The SMILES string of the molecule is COCCOCCN(Cc1ccccc1)C(=O)c1ccc(CN)cc1.